The van der Waals surface area contributed by atoms with E-state index in [1.54, 1.807) is 0 Å². The fourth-order valence-corrected chi connectivity index (χ4v) is 3.08. The zero-order chi connectivity index (χ0) is 13.9. The molecule has 0 saturated heterocycles. The van der Waals surface area contributed by atoms with E-state index in [2.05, 4.69) is 76.7 Å². The van der Waals surface area contributed by atoms with Gasteiger partial charge in [-0.1, -0.05) is 47.1 Å². The molecule has 0 aliphatic heterocycles. The van der Waals surface area contributed by atoms with Crippen LogP contribution in [0, 0.1) is 0 Å². The van der Waals surface area contributed by atoms with Crippen LogP contribution in [-0.4, -0.2) is 6.04 Å². The summed E-state index contributed by atoms with van der Waals surface area (Å²) in [6, 6.07) is 18.2. The van der Waals surface area contributed by atoms with Crippen LogP contribution in [0.2, 0.25) is 0 Å². The summed E-state index contributed by atoms with van der Waals surface area (Å²) in [7, 11) is 0. The molecule has 0 atom stereocenters. The van der Waals surface area contributed by atoms with E-state index in [0.717, 1.165) is 16.8 Å². The van der Waals surface area contributed by atoms with Crippen molar-refractivity contribution in [1.29, 1.82) is 0 Å². The summed E-state index contributed by atoms with van der Waals surface area (Å²) < 4.78 is 1.16. The van der Waals surface area contributed by atoms with E-state index in [0.29, 0.717) is 6.04 Å². The number of rotatable bonds is 4. The van der Waals surface area contributed by atoms with Crippen molar-refractivity contribution in [3.05, 3.63) is 64.1 Å². The summed E-state index contributed by atoms with van der Waals surface area (Å²) in [6.45, 7) is 2.19. The Morgan fingerprint density at radius 3 is 2.25 bits per heavy atom. The summed E-state index contributed by atoms with van der Waals surface area (Å²) in [6.07, 6.45) is 3.57. The zero-order valence-corrected chi connectivity index (χ0v) is 13.4. The van der Waals surface area contributed by atoms with Gasteiger partial charge >= 0.3 is 0 Å². The molecule has 0 heterocycles. The van der Waals surface area contributed by atoms with E-state index < -0.39 is 0 Å². The number of nitrogens with one attached hydrogen (secondary N) is 1. The van der Waals surface area contributed by atoms with E-state index in [4.69, 9.17) is 0 Å². The third kappa shape index (κ3) is 3.06. The van der Waals surface area contributed by atoms with E-state index >= 15 is 0 Å². The first-order valence-electron chi connectivity index (χ1n) is 7.35. The van der Waals surface area contributed by atoms with E-state index in [-0.39, 0.29) is 0 Å². The predicted molar refractivity (Wildman–Crippen MR) is 89.3 cm³/mol. The molecule has 2 heteroatoms. The van der Waals surface area contributed by atoms with Gasteiger partial charge in [0.05, 0.1) is 0 Å². The minimum atomic E-state index is 0.621. The van der Waals surface area contributed by atoms with Gasteiger partial charge in [0.1, 0.15) is 0 Å². The average molecular weight is 330 g/mol. The molecule has 20 heavy (non-hydrogen) atoms. The highest BCUT2D eigenvalue weighted by molar-refractivity contribution is 9.10. The Morgan fingerprint density at radius 2 is 1.65 bits per heavy atom. The van der Waals surface area contributed by atoms with Gasteiger partial charge < -0.3 is 5.32 Å². The Balaban J connectivity index is 1.53. The fraction of sp³-hybridized carbons (Fsp3) is 0.333. The molecule has 0 spiro atoms. The van der Waals surface area contributed by atoms with Crippen molar-refractivity contribution in [2.75, 3.05) is 5.32 Å². The van der Waals surface area contributed by atoms with Gasteiger partial charge in [-0.05, 0) is 60.6 Å². The van der Waals surface area contributed by atoms with Crippen LogP contribution in [0.1, 0.15) is 36.8 Å². The lowest BCUT2D eigenvalue weighted by molar-refractivity contribution is 0.374. The van der Waals surface area contributed by atoms with Crippen LogP contribution in [0.3, 0.4) is 0 Å². The molecule has 0 bridgehead atoms. The van der Waals surface area contributed by atoms with Gasteiger partial charge in [0, 0.05) is 16.2 Å². The molecule has 0 amide bonds. The third-order valence-electron chi connectivity index (χ3n) is 4.21. The number of aryl methyl sites for hydroxylation is 1. The van der Waals surface area contributed by atoms with Crippen LogP contribution in [0.4, 0.5) is 5.69 Å². The topological polar surface area (TPSA) is 12.0 Å². The number of benzene rings is 2. The summed E-state index contributed by atoms with van der Waals surface area (Å²) in [4.78, 5) is 0. The second-order valence-corrected chi connectivity index (χ2v) is 6.53. The zero-order valence-electron chi connectivity index (χ0n) is 11.8. The number of anilines is 1. The van der Waals surface area contributed by atoms with Crippen molar-refractivity contribution in [1.82, 2.24) is 0 Å². The molecular formula is C18H20BrN. The first-order valence-corrected chi connectivity index (χ1v) is 8.15. The van der Waals surface area contributed by atoms with Crippen molar-refractivity contribution in [2.45, 2.75) is 38.1 Å². The number of hydrogen-bond acceptors (Lipinski definition) is 1. The van der Waals surface area contributed by atoms with Crippen molar-refractivity contribution in [3.63, 3.8) is 0 Å². The number of halogens is 1. The molecule has 0 unspecified atom stereocenters. The number of hydrogen-bond donors (Lipinski definition) is 1. The summed E-state index contributed by atoms with van der Waals surface area (Å²) in [5.74, 6) is 0.718. The second-order valence-electron chi connectivity index (χ2n) is 5.61. The van der Waals surface area contributed by atoms with Crippen molar-refractivity contribution in [3.8, 4) is 0 Å². The van der Waals surface area contributed by atoms with Crippen LogP contribution in [-0.2, 0) is 6.42 Å². The molecule has 0 aromatic heterocycles. The predicted octanol–water partition coefficient (Wildman–Crippen LogP) is 5.37. The minimum absolute atomic E-state index is 0.621. The first-order chi connectivity index (χ1) is 9.74. The monoisotopic (exact) mass is 329 g/mol. The smallest absolute Gasteiger partial charge is 0.0342 e. The highest BCUT2D eigenvalue weighted by atomic mass is 79.9. The maximum absolute atomic E-state index is 3.63. The van der Waals surface area contributed by atoms with Crippen LogP contribution in [0.5, 0.6) is 0 Å². The van der Waals surface area contributed by atoms with Gasteiger partial charge in [0.15, 0.2) is 0 Å². The second kappa shape index (κ2) is 6.01. The highest BCUT2D eigenvalue weighted by Gasteiger charge is 2.29. The Kier molecular flexibility index (Phi) is 4.11. The molecule has 2 aromatic rings. The molecule has 1 aliphatic carbocycles. The lowest BCUT2D eigenvalue weighted by atomic mass is 9.76. The van der Waals surface area contributed by atoms with Crippen molar-refractivity contribution < 1.29 is 0 Å². The molecule has 1 fully saturated rings. The van der Waals surface area contributed by atoms with Gasteiger partial charge in [-0.25, -0.2) is 0 Å². The van der Waals surface area contributed by atoms with Crippen LogP contribution in [0.15, 0.2) is 53.0 Å². The van der Waals surface area contributed by atoms with E-state index in [1.807, 2.05) is 0 Å². The quantitative estimate of drug-likeness (QED) is 0.795. The van der Waals surface area contributed by atoms with E-state index in [9.17, 15) is 0 Å². The standard InChI is InChI=1S/C18H20BrN/c1-2-13-3-9-17(10-4-13)20-18-11-15(12-18)14-5-7-16(19)8-6-14/h3-10,15,18,20H,2,11-12H2,1H3. The molecule has 1 nitrogen and oxygen atoms in total. The normalized spacial score (nSPS) is 21.3. The summed E-state index contributed by atoms with van der Waals surface area (Å²) >= 11 is 3.49. The molecule has 1 N–H and O–H groups in total. The molecular weight excluding hydrogens is 310 g/mol. The fourth-order valence-electron chi connectivity index (χ4n) is 2.82. The van der Waals surface area contributed by atoms with Gasteiger partial charge in [-0.15, -0.1) is 0 Å². The van der Waals surface area contributed by atoms with Crippen LogP contribution < -0.4 is 5.32 Å². The van der Waals surface area contributed by atoms with Crippen molar-refractivity contribution >= 4 is 21.6 Å². The summed E-state index contributed by atoms with van der Waals surface area (Å²) in [5.41, 5.74) is 4.12. The van der Waals surface area contributed by atoms with Crippen LogP contribution in [0.25, 0.3) is 0 Å². The molecule has 104 valence electrons. The van der Waals surface area contributed by atoms with E-state index in [1.165, 1.54) is 29.7 Å². The third-order valence-corrected chi connectivity index (χ3v) is 4.74. The lowest BCUT2D eigenvalue weighted by Gasteiger charge is -2.37. The largest absolute Gasteiger partial charge is 0.382 e. The van der Waals surface area contributed by atoms with Crippen molar-refractivity contribution in [2.24, 2.45) is 0 Å². The van der Waals surface area contributed by atoms with Crippen LogP contribution >= 0.6 is 15.9 Å². The Hall–Kier alpha value is -1.28. The summed E-state index contributed by atoms with van der Waals surface area (Å²) in [5, 5.41) is 3.63. The SMILES string of the molecule is CCc1ccc(NC2CC(c3ccc(Br)cc3)C2)cc1. The Morgan fingerprint density at radius 1 is 1.00 bits per heavy atom. The van der Waals surface area contributed by atoms with Gasteiger partial charge in [0.25, 0.3) is 0 Å². The molecule has 3 rings (SSSR count). The Labute approximate surface area is 129 Å². The lowest BCUT2D eigenvalue weighted by Crippen LogP contribution is -2.33. The van der Waals surface area contributed by atoms with Gasteiger partial charge in [-0.2, -0.15) is 0 Å². The first kappa shape index (κ1) is 13.7. The Bertz CT molecular complexity index is 553. The molecule has 0 radical (unpaired) electrons. The molecule has 2 aromatic carbocycles. The van der Waals surface area contributed by atoms with Gasteiger partial charge in [0.2, 0.25) is 0 Å². The average Bonchev–Trinajstić information content (AvgIpc) is 2.44. The van der Waals surface area contributed by atoms with Gasteiger partial charge in [-0.3, -0.25) is 0 Å². The minimum Gasteiger partial charge on any atom is -0.382 e. The highest BCUT2D eigenvalue weighted by Crippen LogP contribution is 2.38. The molecule has 1 saturated carbocycles. The molecule has 1 aliphatic rings. The maximum Gasteiger partial charge on any atom is 0.0342 e. The maximum atomic E-state index is 3.63.